The number of nitrogens with one attached hydrogen (secondary N) is 1. The predicted octanol–water partition coefficient (Wildman–Crippen LogP) is 13.6. The van der Waals surface area contributed by atoms with Gasteiger partial charge in [-0.15, -0.1) is 0 Å². The maximum Gasteiger partial charge on any atom is 0.306 e. The average Bonchev–Trinajstić information content (AvgIpc) is 3.15. The first-order valence-corrected chi connectivity index (χ1v) is 23.8. The minimum atomic E-state index is -0.777. The van der Waals surface area contributed by atoms with Crippen LogP contribution in [0.4, 0.5) is 0 Å². The van der Waals surface area contributed by atoms with Crippen LogP contribution in [0.15, 0.2) is 0 Å². The van der Waals surface area contributed by atoms with E-state index in [-0.39, 0.29) is 24.9 Å². The molecule has 3 atom stereocenters. The number of esters is 1. The van der Waals surface area contributed by atoms with Crippen LogP contribution in [-0.2, 0) is 14.3 Å². The lowest BCUT2D eigenvalue weighted by Crippen LogP contribution is -2.46. The standard InChI is InChI=1S/C47H93NO5/c1-4-7-10-13-16-19-21-23-24-27-29-32-35-38-43(53-47(52)40-37-34-31-28-25-22-20-17-14-11-8-5-2)41-46(51)48-44(42-49)45(50)39-36-33-30-26-18-15-12-9-6-3/h43-45,49-50H,4-42H2,1-3H3,(H,48,51). The number of rotatable bonds is 43. The van der Waals surface area contributed by atoms with E-state index in [0.717, 1.165) is 44.9 Å². The van der Waals surface area contributed by atoms with Crippen molar-refractivity contribution in [1.29, 1.82) is 0 Å². The minimum absolute atomic E-state index is 0.0870. The van der Waals surface area contributed by atoms with Gasteiger partial charge in [0.15, 0.2) is 0 Å². The summed E-state index contributed by atoms with van der Waals surface area (Å²) in [5, 5.41) is 23.6. The highest BCUT2D eigenvalue weighted by atomic mass is 16.5. The first kappa shape index (κ1) is 51.9. The molecular weight excluding hydrogens is 659 g/mol. The molecule has 0 heterocycles. The Morgan fingerprint density at radius 3 is 1.15 bits per heavy atom. The molecular formula is C47H93NO5. The van der Waals surface area contributed by atoms with Crippen LogP contribution in [0.5, 0.6) is 0 Å². The SMILES string of the molecule is CCCCCCCCCCCCCCCC(CC(=O)NC(CO)C(O)CCCCCCCCCCC)OC(=O)CCCCCCCCCCCCCC. The smallest absolute Gasteiger partial charge is 0.306 e. The van der Waals surface area contributed by atoms with Gasteiger partial charge in [0.05, 0.1) is 25.2 Å². The van der Waals surface area contributed by atoms with E-state index in [0.29, 0.717) is 19.3 Å². The van der Waals surface area contributed by atoms with Gasteiger partial charge < -0.3 is 20.3 Å². The number of aliphatic hydroxyl groups is 2. The highest BCUT2D eigenvalue weighted by Crippen LogP contribution is 2.18. The molecule has 0 aromatic heterocycles. The zero-order valence-electron chi connectivity index (χ0n) is 35.9. The van der Waals surface area contributed by atoms with E-state index < -0.39 is 18.2 Å². The van der Waals surface area contributed by atoms with E-state index in [1.165, 1.54) is 173 Å². The van der Waals surface area contributed by atoms with Gasteiger partial charge in [-0.3, -0.25) is 9.59 Å². The summed E-state index contributed by atoms with van der Waals surface area (Å²) in [4.78, 5) is 26.0. The Morgan fingerprint density at radius 2 is 0.792 bits per heavy atom. The lowest BCUT2D eigenvalue weighted by Gasteiger charge is -2.24. The van der Waals surface area contributed by atoms with E-state index in [1.54, 1.807) is 0 Å². The van der Waals surface area contributed by atoms with Gasteiger partial charge in [0, 0.05) is 6.42 Å². The summed E-state index contributed by atoms with van der Waals surface area (Å²) in [6.45, 7) is 6.47. The lowest BCUT2D eigenvalue weighted by molar-refractivity contribution is -0.151. The number of hydrogen-bond acceptors (Lipinski definition) is 5. The van der Waals surface area contributed by atoms with E-state index in [4.69, 9.17) is 4.74 Å². The Labute approximate surface area is 330 Å². The van der Waals surface area contributed by atoms with Gasteiger partial charge in [0.2, 0.25) is 5.91 Å². The summed E-state index contributed by atoms with van der Waals surface area (Å²) in [6.07, 6.45) is 43.0. The predicted molar refractivity (Wildman–Crippen MR) is 227 cm³/mol. The molecule has 1 amide bonds. The van der Waals surface area contributed by atoms with Crippen LogP contribution in [0, 0.1) is 0 Å². The van der Waals surface area contributed by atoms with Gasteiger partial charge in [-0.1, -0.05) is 226 Å². The van der Waals surface area contributed by atoms with Crippen LogP contribution in [-0.4, -0.2) is 46.9 Å². The topological polar surface area (TPSA) is 95.9 Å². The third-order valence-corrected chi connectivity index (χ3v) is 11.2. The molecule has 0 spiro atoms. The number of aliphatic hydroxyl groups excluding tert-OH is 2. The number of carbonyl (C=O) groups excluding carboxylic acids is 2. The second-order valence-corrected chi connectivity index (χ2v) is 16.5. The summed E-state index contributed by atoms with van der Waals surface area (Å²) in [7, 11) is 0. The van der Waals surface area contributed by atoms with Crippen LogP contribution in [0.25, 0.3) is 0 Å². The van der Waals surface area contributed by atoms with E-state index >= 15 is 0 Å². The minimum Gasteiger partial charge on any atom is -0.462 e. The Hall–Kier alpha value is -1.14. The third-order valence-electron chi connectivity index (χ3n) is 11.2. The fraction of sp³-hybridized carbons (Fsp3) is 0.957. The maximum atomic E-state index is 13.1. The largest absolute Gasteiger partial charge is 0.462 e. The molecule has 0 bridgehead atoms. The second-order valence-electron chi connectivity index (χ2n) is 16.5. The summed E-state index contributed by atoms with van der Waals surface area (Å²) in [5.74, 6) is -0.457. The van der Waals surface area contributed by atoms with Crippen molar-refractivity contribution in [3.63, 3.8) is 0 Å². The van der Waals surface area contributed by atoms with Crippen LogP contribution in [0.1, 0.15) is 265 Å². The van der Waals surface area contributed by atoms with Crippen molar-refractivity contribution in [3.8, 4) is 0 Å². The Balaban J connectivity index is 4.54. The molecule has 6 nitrogen and oxygen atoms in total. The number of carbonyl (C=O) groups is 2. The van der Waals surface area contributed by atoms with E-state index in [1.807, 2.05) is 0 Å². The molecule has 53 heavy (non-hydrogen) atoms. The highest BCUT2D eigenvalue weighted by molar-refractivity contribution is 5.77. The summed E-state index contributed by atoms with van der Waals surface area (Å²) in [6, 6.07) is -0.690. The molecule has 0 radical (unpaired) electrons. The summed E-state index contributed by atoms with van der Waals surface area (Å²) >= 11 is 0. The molecule has 316 valence electrons. The first-order chi connectivity index (χ1) is 26.0. The van der Waals surface area contributed by atoms with Gasteiger partial charge in [0.25, 0.3) is 0 Å². The molecule has 0 aromatic rings. The highest BCUT2D eigenvalue weighted by Gasteiger charge is 2.24. The zero-order valence-corrected chi connectivity index (χ0v) is 35.9. The molecule has 6 heteroatoms. The van der Waals surface area contributed by atoms with Crippen LogP contribution < -0.4 is 5.32 Å². The number of unbranched alkanes of at least 4 members (excludes halogenated alkanes) is 31. The number of hydrogen-bond donors (Lipinski definition) is 3. The normalized spacial score (nSPS) is 13.2. The second kappa shape index (κ2) is 42.0. The van der Waals surface area contributed by atoms with Crippen LogP contribution in [0.3, 0.4) is 0 Å². The first-order valence-electron chi connectivity index (χ1n) is 23.8. The molecule has 0 saturated carbocycles. The van der Waals surface area contributed by atoms with Crippen molar-refractivity contribution in [1.82, 2.24) is 5.32 Å². The van der Waals surface area contributed by atoms with Crippen LogP contribution >= 0.6 is 0 Å². The molecule has 0 aliphatic carbocycles. The van der Waals surface area contributed by atoms with Gasteiger partial charge >= 0.3 is 5.97 Å². The molecule has 0 aliphatic heterocycles. The third kappa shape index (κ3) is 37.6. The quantitative estimate of drug-likeness (QED) is 0.0426. The number of amides is 1. The molecule has 3 N–H and O–H groups in total. The molecule has 0 aliphatic rings. The molecule has 0 rings (SSSR count). The Morgan fingerprint density at radius 1 is 0.472 bits per heavy atom. The maximum absolute atomic E-state index is 13.1. The van der Waals surface area contributed by atoms with E-state index in [9.17, 15) is 19.8 Å². The molecule has 0 fully saturated rings. The van der Waals surface area contributed by atoms with E-state index in [2.05, 4.69) is 26.1 Å². The van der Waals surface area contributed by atoms with Gasteiger partial charge in [0.1, 0.15) is 6.10 Å². The Bertz CT molecular complexity index is 761. The van der Waals surface area contributed by atoms with Crippen LogP contribution in [0.2, 0.25) is 0 Å². The zero-order chi connectivity index (χ0) is 38.9. The number of ether oxygens (including phenoxy) is 1. The van der Waals surface area contributed by atoms with Crippen molar-refractivity contribution in [2.75, 3.05) is 6.61 Å². The van der Waals surface area contributed by atoms with Crippen molar-refractivity contribution in [2.24, 2.45) is 0 Å². The molecule has 3 unspecified atom stereocenters. The monoisotopic (exact) mass is 752 g/mol. The van der Waals surface area contributed by atoms with Crippen molar-refractivity contribution in [3.05, 3.63) is 0 Å². The fourth-order valence-electron chi connectivity index (χ4n) is 7.55. The Kier molecular flexibility index (Phi) is 41.1. The summed E-state index contributed by atoms with van der Waals surface area (Å²) < 4.78 is 5.91. The van der Waals surface area contributed by atoms with Gasteiger partial charge in [-0.25, -0.2) is 0 Å². The summed E-state index contributed by atoms with van der Waals surface area (Å²) in [5.41, 5.74) is 0. The fourth-order valence-corrected chi connectivity index (χ4v) is 7.55. The van der Waals surface area contributed by atoms with Gasteiger partial charge in [-0.05, 0) is 25.7 Å². The van der Waals surface area contributed by atoms with Gasteiger partial charge in [-0.2, -0.15) is 0 Å². The lowest BCUT2D eigenvalue weighted by atomic mass is 10.0. The van der Waals surface area contributed by atoms with Crippen molar-refractivity contribution in [2.45, 2.75) is 283 Å². The molecule has 0 saturated heterocycles. The van der Waals surface area contributed by atoms with Crippen molar-refractivity contribution >= 4 is 11.9 Å². The molecule has 0 aromatic carbocycles. The van der Waals surface area contributed by atoms with Crippen molar-refractivity contribution < 1.29 is 24.5 Å². The average molecular weight is 752 g/mol.